The van der Waals surface area contributed by atoms with E-state index in [0.717, 1.165) is 22.9 Å². The van der Waals surface area contributed by atoms with E-state index in [1.807, 2.05) is 0 Å². The van der Waals surface area contributed by atoms with E-state index < -0.39 is 22.3 Å². The molecular formula is C14H14F3N3O3. The number of hydrogen-bond acceptors (Lipinski definition) is 4. The van der Waals surface area contributed by atoms with Crippen LogP contribution in [0.5, 0.6) is 0 Å². The SMILES string of the molecule is Cc1ncc([N+](=O)[O-])n1CC(C)(O)c1cccc(C(F)(F)F)c1. The van der Waals surface area contributed by atoms with Crippen LogP contribution in [0.15, 0.2) is 30.5 Å². The summed E-state index contributed by atoms with van der Waals surface area (Å²) < 4.78 is 39.5. The fourth-order valence-corrected chi connectivity index (χ4v) is 2.23. The Bertz CT molecular complexity index is 738. The Morgan fingerprint density at radius 2 is 1.96 bits per heavy atom. The van der Waals surface area contributed by atoms with Crippen LogP contribution >= 0.6 is 0 Å². The van der Waals surface area contributed by atoms with Crippen LogP contribution in [0.2, 0.25) is 0 Å². The smallest absolute Gasteiger partial charge is 0.381 e. The third-order valence-electron chi connectivity index (χ3n) is 3.50. The molecular weight excluding hydrogens is 315 g/mol. The third kappa shape index (κ3) is 3.50. The topological polar surface area (TPSA) is 81.2 Å². The zero-order valence-electron chi connectivity index (χ0n) is 12.3. The van der Waals surface area contributed by atoms with Crippen molar-refractivity contribution in [3.8, 4) is 0 Å². The number of aromatic nitrogens is 2. The summed E-state index contributed by atoms with van der Waals surface area (Å²) in [7, 11) is 0. The van der Waals surface area contributed by atoms with E-state index >= 15 is 0 Å². The molecule has 6 nitrogen and oxygen atoms in total. The summed E-state index contributed by atoms with van der Waals surface area (Å²) in [6.45, 7) is 2.51. The molecule has 1 heterocycles. The summed E-state index contributed by atoms with van der Waals surface area (Å²) in [4.78, 5) is 14.1. The molecule has 0 saturated heterocycles. The van der Waals surface area contributed by atoms with Crippen LogP contribution in [0.3, 0.4) is 0 Å². The van der Waals surface area contributed by atoms with Gasteiger partial charge < -0.3 is 15.2 Å². The van der Waals surface area contributed by atoms with Crippen LogP contribution in [0.25, 0.3) is 0 Å². The fraction of sp³-hybridized carbons (Fsp3) is 0.357. The average Bonchev–Trinajstić information content (AvgIpc) is 2.79. The molecule has 0 fully saturated rings. The summed E-state index contributed by atoms with van der Waals surface area (Å²) >= 11 is 0. The number of aryl methyl sites for hydroxylation is 1. The van der Waals surface area contributed by atoms with Crippen molar-refractivity contribution in [3.63, 3.8) is 0 Å². The van der Waals surface area contributed by atoms with E-state index in [4.69, 9.17) is 0 Å². The van der Waals surface area contributed by atoms with Gasteiger partial charge in [-0.05, 0) is 29.5 Å². The zero-order chi connectivity index (χ0) is 17.4. The van der Waals surface area contributed by atoms with Crippen LogP contribution in [0.4, 0.5) is 19.0 Å². The lowest BCUT2D eigenvalue weighted by molar-refractivity contribution is -0.392. The maximum atomic E-state index is 12.8. The second kappa shape index (κ2) is 5.65. The molecule has 1 unspecified atom stereocenters. The number of hydrogen-bond donors (Lipinski definition) is 1. The average molecular weight is 329 g/mol. The van der Waals surface area contributed by atoms with Crippen molar-refractivity contribution in [2.75, 3.05) is 0 Å². The van der Waals surface area contributed by atoms with Crippen LogP contribution in [0.1, 0.15) is 23.9 Å². The van der Waals surface area contributed by atoms with E-state index in [9.17, 15) is 28.4 Å². The predicted molar refractivity (Wildman–Crippen MR) is 74.6 cm³/mol. The van der Waals surface area contributed by atoms with Gasteiger partial charge >= 0.3 is 12.0 Å². The van der Waals surface area contributed by atoms with Crippen molar-refractivity contribution in [2.24, 2.45) is 0 Å². The van der Waals surface area contributed by atoms with Gasteiger partial charge in [0.1, 0.15) is 18.3 Å². The van der Waals surface area contributed by atoms with Gasteiger partial charge in [-0.25, -0.2) is 9.55 Å². The molecule has 23 heavy (non-hydrogen) atoms. The maximum absolute atomic E-state index is 12.8. The first-order valence-electron chi connectivity index (χ1n) is 6.59. The van der Waals surface area contributed by atoms with Gasteiger partial charge in [-0.1, -0.05) is 12.1 Å². The Hall–Kier alpha value is -2.42. The first kappa shape index (κ1) is 16.9. The van der Waals surface area contributed by atoms with Crippen molar-refractivity contribution in [2.45, 2.75) is 32.2 Å². The van der Waals surface area contributed by atoms with E-state index in [1.165, 1.54) is 26.0 Å². The molecule has 0 spiro atoms. The normalized spacial score (nSPS) is 14.5. The highest BCUT2D eigenvalue weighted by molar-refractivity contribution is 5.30. The van der Waals surface area contributed by atoms with Crippen LogP contribution < -0.4 is 0 Å². The molecule has 9 heteroatoms. The van der Waals surface area contributed by atoms with E-state index in [0.29, 0.717) is 0 Å². The largest absolute Gasteiger partial charge is 0.416 e. The number of nitrogens with zero attached hydrogens (tertiary/aromatic N) is 3. The van der Waals surface area contributed by atoms with Crippen molar-refractivity contribution in [1.29, 1.82) is 0 Å². The van der Waals surface area contributed by atoms with Crippen molar-refractivity contribution in [1.82, 2.24) is 9.55 Å². The van der Waals surface area contributed by atoms with Crippen LogP contribution in [-0.2, 0) is 18.3 Å². The zero-order valence-corrected chi connectivity index (χ0v) is 12.3. The van der Waals surface area contributed by atoms with Gasteiger partial charge in [0.05, 0.1) is 5.56 Å². The lowest BCUT2D eigenvalue weighted by Gasteiger charge is -2.23. The molecule has 0 amide bonds. The molecule has 2 rings (SSSR count). The molecule has 0 aliphatic heterocycles. The number of halogens is 3. The first-order valence-corrected chi connectivity index (χ1v) is 6.59. The molecule has 1 aromatic heterocycles. The highest BCUT2D eigenvalue weighted by atomic mass is 19.4. The Balaban J connectivity index is 2.40. The Morgan fingerprint density at radius 1 is 1.35 bits per heavy atom. The number of rotatable bonds is 4. The molecule has 0 saturated carbocycles. The van der Waals surface area contributed by atoms with Gasteiger partial charge in [0.15, 0.2) is 5.82 Å². The number of alkyl halides is 3. The Kier molecular flexibility index (Phi) is 4.16. The molecule has 0 bridgehead atoms. The lowest BCUT2D eigenvalue weighted by Crippen LogP contribution is -2.29. The predicted octanol–water partition coefficient (Wildman–Crippen LogP) is 3.03. The van der Waals surface area contributed by atoms with E-state index in [2.05, 4.69) is 4.98 Å². The number of nitro groups is 1. The van der Waals surface area contributed by atoms with Crippen LogP contribution in [0, 0.1) is 17.0 Å². The molecule has 1 aromatic carbocycles. The summed E-state index contributed by atoms with van der Waals surface area (Å²) in [5.74, 6) is -0.0568. The molecule has 2 aromatic rings. The molecule has 124 valence electrons. The molecule has 1 N–H and O–H groups in total. The minimum Gasteiger partial charge on any atom is -0.381 e. The summed E-state index contributed by atoms with van der Waals surface area (Å²) in [5, 5.41) is 21.5. The van der Waals surface area contributed by atoms with Crippen molar-refractivity contribution < 1.29 is 23.2 Å². The highest BCUT2D eigenvalue weighted by Gasteiger charge is 2.35. The van der Waals surface area contributed by atoms with Gasteiger partial charge in [0.2, 0.25) is 0 Å². The molecule has 0 radical (unpaired) electrons. The first-order chi connectivity index (χ1) is 10.5. The summed E-state index contributed by atoms with van der Waals surface area (Å²) in [6.07, 6.45) is -3.50. The van der Waals surface area contributed by atoms with Gasteiger partial charge in [0, 0.05) is 6.92 Å². The minimum absolute atomic E-state index is 0.00900. The summed E-state index contributed by atoms with van der Waals surface area (Å²) in [6, 6.07) is 4.25. The Morgan fingerprint density at radius 3 is 2.52 bits per heavy atom. The van der Waals surface area contributed by atoms with E-state index in [-0.39, 0.29) is 23.8 Å². The number of imidazole rings is 1. The third-order valence-corrected chi connectivity index (χ3v) is 3.50. The molecule has 0 aliphatic rings. The van der Waals surface area contributed by atoms with Gasteiger partial charge in [-0.2, -0.15) is 13.2 Å². The summed E-state index contributed by atoms with van der Waals surface area (Å²) in [5.41, 5.74) is -2.63. The second-order valence-electron chi connectivity index (χ2n) is 5.36. The number of aliphatic hydroxyl groups is 1. The van der Waals surface area contributed by atoms with Crippen molar-refractivity contribution in [3.05, 3.63) is 57.5 Å². The lowest BCUT2D eigenvalue weighted by atomic mass is 9.94. The maximum Gasteiger partial charge on any atom is 0.416 e. The number of benzene rings is 1. The quantitative estimate of drug-likeness (QED) is 0.690. The highest BCUT2D eigenvalue weighted by Crippen LogP contribution is 2.33. The van der Waals surface area contributed by atoms with Gasteiger partial charge in [-0.3, -0.25) is 0 Å². The van der Waals surface area contributed by atoms with E-state index in [1.54, 1.807) is 0 Å². The van der Waals surface area contributed by atoms with Crippen molar-refractivity contribution >= 4 is 5.82 Å². The monoisotopic (exact) mass is 329 g/mol. The molecule has 0 aliphatic carbocycles. The standard InChI is InChI=1S/C14H14F3N3O3/c1-9-18-7-12(20(22)23)19(9)8-13(2,21)10-4-3-5-11(6-10)14(15,16)17/h3-7,21H,8H2,1-2H3. The fourth-order valence-electron chi connectivity index (χ4n) is 2.23. The van der Waals surface area contributed by atoms with Gasteiger partial charge in [-0.15, -0.1) is 0 Å². The minimum atomic E-state index is -4.54. The Labute approximate surface area is 129 Å². The second-order valence-corrected chi connectivity index (χ2v) is 5.36. The molecule has 1 atom stereocenters. The van der Waals surface area contributed by atoms with Gasteiger partial charge in [0.25, 0.3) is 0 Å². The van der Waals surface area contributed by atoms with Crippen LogP contribution in [-0.4, -0.2) is 19.6 Å².